The van der Waals surface area contributed by atoms with E-state index in [4.69, 9.17) is 9.47 Å². The van der Waals surface area contributed by atoms with E-state index in [1.165, 1.54) is 5.56 Å². The maximum atomic E-state index is 12.9. The van der Waals surface area contributed by atoms with Crippen LogP contribution in [0.3, 0.4) is 0 Å². The first-order valence-corrected chi connectivity index (χ1v) is 12.5. The Labute approximate surface area is 205 Å². The monoisotopic (exact) mass is 458 g/mol. The minimum atomic E-state index is -0.187. The number of carbonyl (C=O) groups is 1. The fraction of sp³-hybridized carbons (Fsp3) is 0.387. The maximum Gasteiger partial charge on any atom is 0.193 e. The van der Waals surface area contributed by atoms with E-state index in [1.54, 1.807) is 0 Å². The third-order valence-electron chi connectivity index (χ3n) is 7.44. The molecule has 3 rings (SSSR count). The van der Waals surface area contributed by atoms with Crippen LogP contribution in [0, 0.1) is 0 Å². The molecule has 0 aliphatic heterocycles. The molecule has 0 aliphatic carbocycles. The van der Waals surface area contributed by atoms with Gasteiger partial charge in [-0.2, -0.15) is 0 Å². The fourth-order valence-electron chi connectivity index (χ4n) is 3.91. The van der Waals surface area contributed by atoms with Crippen LogP contribution in [-0.2, 0) is 5.41 Å². The van der Waals surface area contributed by atoms with Crippen LogP contribution in [-0.4, -0.2) is 11.4 Å². The van der Waals surface area contributed by atoms with Gasteiger partial charge in [0.25, 0.3) is 0 Å². The van der Waals surface area contributed by atoms with Crippen molar-refractivity contribution in [3.05, 3.63) is 89.5 Å². The Hall–Kier alpha value is -3.07. The summed E-state index contributed by atoms with van der Waals surface area (Å²) in [5, 5.41) is 0. The molecule has 3 aromatic rings. The number of ether oxygens (including phenoxy) is 2. The lowest BCUT2D eigenvalue weighted by atomic mass is 9.78. The van der Waals surface area contributed by atoms with Crippen molar-refractivity contribution in [2.45, 2.75) is 78.2 Å². The highest BCUT2D eigenvalue weighted by molar-refractivity contribution is 6.09. The zero-order chi connectivity index (χ0) is 24.8. The summed E-state index contributed by atoms with van der Waals surface area (Å²) in [6.07, 6.45) is 4.07. The van der Waals surface area contributed by atoms with Gasteiger partial charge >= 0.3 is 0 Å². The summed E-state index contributed by atoms with van der Waals surface area (Å²) < 4.78 is 12.1. The van der Waals surface area contributed by atoms with E-state index < -0.39 is 0 Å². The number of rotatable bonds is 11. The number of ketones is 1. The first kappa shape index (κ1) is 25.6. The number of benzene rings is 3. The average Bonchev–Trinajstić information content (AvgIpc) is 2.89. The highest BCUT2D eigenvalue weighted by atomic mass is 16.5. The van der Waals surface area contributed by atoms with Gasteiger partial charge in [0, 0.05) is 11.1 Å². The smallest absolute Gasteiger partial charge is 0.193 e. The summed E-state index contributed by atoms with van der Waals surface area (Å²) in [7, 11) is 0. The van der Waals surface area contributed by atoms with Gasteiger partial charge in [-0.3, -0.25) is 4.79 Å². The minimum Gasteiger partial charge on any atom is -0.488 e. The molecule has 0 saturated heterocycles. The molecule has 0 saturated carbocycles. The Kier molecular flexibility index (Phi) is 8.19. The van der Waals surface area contributed by atoms with Crippen LogP contribution in [0.5, 0.6) is 17.2 Å². The van der Waals surface area contributed by atoms with E-state index in [-0.39, 0.29) is 16.8 Å². The minimum absolute atomic E-state index is 0.0189. The van der Waals surface area contributed by atoms with Gasteiger partial charge < -0.3 is 9.47 Å². The van der Waals surface area contributed by atoms with Crippen LogP contribution in [0.2, 0.25) is 0 Å². The van der Waals surface area contributed by atoms with Crippen molar-refractivity contribution < 1.29 is 14.3 Å². The van der Waals surface area contributed by atoms with Gasteiger partial charge in [0.05, 0.1) is 0 Å². The van der Waals surface area contributed by atoms with Crippen LogP contribution in [0.15, 0.2) is 72.8 Å². The van der Waals surface area contributed by atoms with Crippen LogP contribution < -0.4 is 9.47 Å². The maximum absolute atomic E-state index is 12.9. The lowest BCUT2D eigenvalue weighted by molar-refractivity contribution is 0.0803. The standard InChI is InChI=1S/C31H38O3/c1-7-30(5,8-2)25-15-21-27(22-16-25)33-26-17-11-23(12-18-26)29(32)24-13-19-28(20-14-24)34-31(6,9-3)10-4/h11-22H,7-10H2,1-6H3. The molecule has 0 amide bonds. The first-order chi connectivity index (χ1) is 16.3. The predicted octanol–water partition coefficient (Wildman–Crippen LogP) is 8.75. The third kappa shape index (κ3) is 5.88. The SMILES string of the molecule is CCC(C)(CC)Oc1ccc(C(=O)c2ccc(Oc3ccc(C(C)(CC)CC)cc3)cc2)cc1. The lowest BCUT2D eigenvalue weighted by Gasteiger charge is -2.28. The van der Waals surface area contributed by atoms with E-state index in [1.807, 2.05) is 60.7 Å². The zero-order valence-electron chi connectivity index (χ0n) is 21.5. The van der Waals surface area contributed by atoms with Crippen LogP contribution in [0.25, 0.3) is 0 Å². The van der Waals surface area contributed by atoms with Crippen LogP contribution in [0.1, 0.15) is 88.7 Å². The summed E-state index contributed by atoms with van der Waals surface area (Å²) in [4.78, 5) is 12.9. The molecule has 0 radical (unpaired) electrons. The van der Waals surface area contributed by atoms with Gasteiger partial charge in [0.15, 0.2) is 5.78 Å². The van der Waals surface area contributed by atoms with E-state index in [2.05, 4.69) is 53.7 Å². The summed E-state index contributed by atoms with van der Waals surface area (Å²) >= 11 is 0. The lowest BCUT2D eigenvalue weighted by Crippen LogP contribution is -2.30. The second kappa shape index (κ2) is 10.9. The quantitative estimate of drug-likeness (QED) is 0.269. The highest BCUT2D eigenvalue weighted by Crippen LogP contribution is 2.33. The number of hydrogen-bond acceptors (Lipinski definition) is 3. The van der Waals surface area contributed by atoms with Gasteiger partial charge in [0.2, 0.25) is 0 Å². The summed E-state index contributed by atoms with van der Waals surface area (Å²) in [5.74, 6) is 2.27. The molecule has 0 bridgehead atoms. The van der Waals surface area contributed by atoms with Gasteiger partial charge in [-0.15, -0.1) is 0 Å². The van der Waals surface area contributed by atoms with E-state index in [9.17, 15) is 4.79 Å². The Morgan fingerprint density at radius 3 is 1.44 bits per heavy atom. The molecule has 0 fully saturated rings. The second-order valence-electron chi connectivity index (χ2n) is 9.53. The Morgan fingerprint density at radius 1 is 0.618 bits per heavy atom. The molecule has 0 atom stereocenters. The molecule has 0 aliphatic rings. The van der Waals surface area contributed by atoms with Gasteiger partial charge in [-0.25, -0.2) is 0 Å². The Morgan fingerprint density at radius 2 is 1.03 bits per heavy atom. The normalized spacial score (nSPS) is 11.8. The van der Waals surface area contributed by atoms with Crippen molar-refractivity contribution in [2.24, 2.45) is 0 Å². The van der Waals surface area contributed by atoms with Gasteiger partial charge in [0.1, 0.15) is 22.8 Å². The molecular formula is C31H38O3. The van der Waals surface area contributed by atoms with Gasteiger partial charge in [-0.1, -0.05) is 46.8 Å². The molecule has 180 valence electrons. The molecule has 0 N–H and O–H groups in total. The van der Waals surface area contributed by atoms with Crippen LogP contribution in [0.4, 0.5) is 0 Å². The molecule has 0 heterocycles. The fourth-order valence-corrected chi connectivity index (χ4v) is 3.91. The van der Waals surface area contributed by atoms with Crippen molar-refractivity contribution in [3.63, 3.8) is 0 Å². The summed E-state index contributed by atoms with van der Waals surface area (Å²) in [5.41, 5.74) is 2.60. The average molecular weight is 459 g/mol. The molecule has 34 heavy (non-hydrogen) atoms. The highest BCUT2D eigenvalue weighted by Gasteiger charge is 2.22. The molecular weight excluding hydrogens is 420 g/mol. The van der Waals surface area contributed by atoms with Crippen molar-refractivity contribution in [3.8, 4) is 17.2 Å². The summed E-state index contributed by atoms with van der Waals surface area (Å²) in [6, 6.07) is 23.1. The summed E-state index contributed by atoms with van der Waals surface area (Å²) in [6.45, 7) is 13.1. The van der Waals surface area contributed by atoms with Crippen molar-refractivity contribution in [2.75, 3.05) is 0 Å². The molecule has 3 nitrogen and oxygen atoms in total. The largest absolute Gasteiger partial charge is 0.488 e. The van der Waals surface area contributed by atoms with Crippen molar-refractivity contribution in [1.82, 2.24) is 0 Å². The van der Waals surface area contributed by atoms with Crippen LogP contribution >= 0.6 is 0 Å². The third-order valence-corrected chi connectivity index (χ3v) is 7.44. The first-order valence-electron chi connectivity index (χ1n) is 12.5. The number of carbonyl (C=O) groups excluding carboxylic acids is 1. The Bertz CT molecular complexity index is 1060. The molecule has 3 heteroatoms. The Balaban J connectivity index is 1.65. The van der Waals surface area contributed by atoms with Gasteiger partial charge in [-0.05, 0) is 104 Å². The van der Waals surface area contributed by atoms with E-state index in [0.717, 1.165) is 37.2 Å². The molecule has 0 spiro atoms. The van der Waals surface area contributed by atoms with E-state index >= 15 is 0 Å². The number of hydrogen-bond donors (Lipinski definition) is 0. The predicted molar refractivity (Wildman–Crippen MR) is 140 cm³/mol. The zero-order valence-corrected chi connectivity index (χ0v) is 21.5. The van der Waals surface area contributed by atoms with E-state index in [0.29, 0.717) is 16.9 Å². The molecule has 0 aromatic heterocycles. The molecule has 0 unspecified atom stereocenters. The van der Waals surface area contributed by atoms with Crippen molar-refractivity contribution in [1.29, 1.82) is 0 Å². The van der Waals surface area contributed by atoms with Crippen molar-refractivity contribution >= 4 is 5.78 Å². The second-order valence-corrected chi connectivity index (χ2v) is 9.53. The topological polar surface area (TPSA) is 35.5 Å². The molecule has 3 aromatic carbocycles.